The molecule has 2 N–H and O–H groups in total. The number of nitrogens with zero attached hydrogens (tertiary/aromatic N) is 2. The van der Waals surface area contributed by atoms with E-state index < -0.39 is 0 Å². The topological polar surface area (TPSA) is 81.8 Å². The number of likely N-dealkylation sites (tertiary alicyclic amines) is 1. The zero-order valence-corrected chi connectivity index (χ0v) is 16.9. The molecule has 26 heavy (non-hydrogen) atoms. The van der Waals surface area contributed by atoms with Crippen LogP contribution in [0.1, 0.15) is 18.4 Å². The van der Waals surface area contributed by atoms with Crippen LogP contribution < -0.4 is 10.6 Å². The Morgan fingerprint density at radius 1 is 1.23 bits per heavy atom. The second-order valence-corrected chi connectivity index (χ2v) is 7.52. The lowest BCUT2D eigenvalue weighted by molar-refractivity contribution is -0.128. The number of carbonyl (C=O) groups excluding carboxylic acids is 3. The van der Waals surface area contributed by atoms with E-state index >= 15 is 0 Å². The standard InChI is InChI=1S/C18H25BrN4O3/c1-12-10-14(4-5-15(12)19)21-16(24)11-20-17(25)13-6-8-23(9-7-13)18(26)22(2)3/h4-5,10,13H,6-9,11H2,1-3H3,(H,20,25)(H,21,24). The van der Waals surface area contributed by atoms with Gasteiger partial charge in [-0.05, 0) is 43.5 Å². The van der Waals surface area contributed by atoms with Crippen molar-refractivity contribution in [3.8, 4) is 0 Å². The summed E-state index contributed by atoms with van der Waals surface area (Å²) in [5.41, 5.74) is 1.71. The molecule has 0 radical (unpaired) electrons. The second kappa shape index (κ2) is 9.02. The van der Waals surface area contributed by atoms with Gasteiger partial charge in [-0.25, -0.2) is 4.79 Å². The van der Waals surface area contributed by atoms with Gasteiger partial charge >= 0.3 is 6.03 Å². The van der Waals surface area contributed by atoms with E-state index in [9.17, 15) is 14.4 Å². The average molecular weight is 425 g/mol. The number of anilines is 1. The molecule has 0 unspecified atom stereocenters. The first-order valence-electron chi connectivity index (χ1n) is 8.58. The van der Waals surface area contributed by atoms with Crippen LogP contribution in [0, 0.1) is 12.8 Å². The number of piperidine rings is 1. The number of hydrogen-bond donors (Lipinski definition) is 2. The molecule has 0 atom stereocenters. The Morgan fingerprint density at radius 2 is 1.88 bits per heavy atom. The maximum Gasteiger partial charge on any atom is 0.319 e. The highest BCUT2D eigenvalue weighted by molar-refractivity contribution is 9.10. The van der Waals surface area contributed by atoms with E-state index in [0.717, 1.165) is 10.0 Å². The van der Waals surface area contributed by atoms with Gasteiger partial charge in [0.1, 0.15) is 0 Å². The molecule has 0 spiro atoms. The van der Waals surface area contributed by atoms with Crippen LogP contribution in [0.2, 0.25) is 0 Å². The van der Waals surface area contributed by atoms with Gasteiger partial charge in [0, 0.05) is 43.3 Å². The summed E-state index contributed by atoms with van der Waals surface area (Å²) in [7, 11) is 3.43. The molecule has 0 bridgehead atoms. The van der Waals surface area contributed by atoms with Crippen molar-refractivity contribution in [3.63, 3.8) is 0 Å². The van der Waals surface area contributed by atoms with E-state index in [1.807, 2.05) is 19.1 Å². The predicted molar refractivity (Wildman–Crippen MR) is 104 cm³/mol. The van der Waals surface area contributed by atoms with E-state index in [1.54, 1.807) is 25.1 Å². The summed E-state index contributed by atoms with van der Waals surface area (Å²) < 4.78 is 0.975. The van der Waals surface area contributed by atoms with Crippen LogP contribution in [0.3, 0.4) is 0 Å². The van der Waals surface area contributed by atoms with E-state index in [-0.39, 0.29) is 30.3 Å². The van der Waals surface area contributed by atoms with E-state index in [2.05, 4.69) is 26.6 Å². The highest BCUT2D eigenvalue weighted by Crippen LogP contribution is 2.20. The van der Waals surface area contributed by atoms with Crippen molar-refractivity contribution < 1.29 is 14.4 Å². The number of urea groups is 1. The Morgan fingerprint density at radius 3 is 2.46 bits per heavy atom. The molecule has 1 aromatic rings. The molecule has 1 aromatic carbocycles. The molecule has 7 nitrogen and oxygen atoms in total. The quantitative estimate of drug-likeness (QED) is 0.776. The van der Waals surface area contributed by atoms with E-state index in [0.29, 0.717) is 31.6 Å². The fraction of sp³-hybridized carbons (Fsp3) is 0.500. The van der Waals surface area contributed by atoms with Gasteiger partial charge in [0.2, 0.25) is 11.8 Å². The number of rotatable bonds is 4. The molecule has 1 fully saturated rings. The maximum absolute atomic E-state index is 12.3. The minimum Gasteiger partial charge on any atom is -0.347 e. The van der Waals surface area contributed by atoms with Gasteiger partial charge < -0.3 is 20.4 Å². The molecular formula is C18H25BrN4O3. The van der Waals surface area contributed by atoms with Gasteiger partial charge in [-0.3, -0.25) is 9.59 Å². The lowest BCUT2D eigenvalue weighted by Crippen LogP contribution is -2.47. The summed E-state index contributed by atoms with van der Waals surface area (Å²) in [4.78, 5) is 39.5. The normalized spacial score (nSPS) is 14.7. The number of hydrogen-bond acceptors (Lipinski definition) is 3. The third-order valence-corrected chi connectivity index (χ3v) is 5.27. The van der Waals surface area contributed by atoms with Crippen LogP contribution in [0.5, 0.6) is 0 Å². The first-order valence-corrected chi connectivity index (χ1v) is 9.37. The summed E-state index contributed by atoms with van der Waals surface area (Å²) in [6.07, 6.45) is 1.22. The third kappa shape index (κ3) is 5.45. The molecule has 1 aliphatic heterocycles. The van der Waals surface area contributed by atoms with Crippen LogP contribution in [-0.2, 0) is 9.59 Å². The van der Waals surface area contributed by atoms with E-state index in [1.165, 1.54) is 4.90 Å². The van der Waals surface area contributed by atoms with Gasteiger partial charge in [0.25, 0.3) is 0 Å². The Bertz CT molecular complexity index is 685. The molecular weight excluding hydrogens is 400 g/mol. The second-order valence-electron chi connectivity index (χ2n) is 6.67. The molecule has 1 heterocycles. The van der Waals surface area contributed by atoms with Crippen molar-refractivity contribution in [2.24, 2.45) is 5.92 Å². The highest BCUT2D eigenvalue weighted by atomic mass is 79.9. The van der Waals surface area contributed by atoms with Crippen LogP contribution in [0.15, 0.2) is 22.7 Å². The summed E-state index contributed by atoms with van der Waals surface area (Å²) in [6.45, 7) is 2.98. The van der Waals surface area contributed by atoms with Gasteiger partial charge in [-0.2, -0.15) is 0 Å². The summed E-state index contributed by atoms with van der Waals surface area (Å²) in [5, 5.41) is 5.46. The molecule has 1 aliphatic rings. The Labute approximate surface area is 162 Å². The van der Waals surface area contributed by atoms with Gasteiger partial charge in [-0.15, -0.1) is 0 Å². The fourth-order valence-corrected chi connectivity index (χ4v) is 3.10. The third-order valence-electron chi connectivity index (χ3n) is 4.38. The average Bonchev–Trinajstić information content (AvgIpc) is 2.62. The number of carbonyl (C=O) groups is 3. The minimum atomic E-state index is -0.264. The van der Waals surface area contributed by atoms with Gasteiger partial charge in [0.05, 0.1) is 6.54 Å². The van der Waals surface area contributed by atoms with Crippen molar-refractivity contribution in [1.29, 1.82) is 0 Å². The van der Waals surface area contributed by atoms with E-state index in [4.69, 9.17) is 0 Å². The van der Waals surface area contributed by atoms with Crippen LogP contribution >= 0.6 is 15.9 Å². The fourth-order valence-electron chi connectivity index (χ4n) is 2.86. The van der Waals surface area contributed by atoms with Crippen molar-refractivity contribution in [1.82, 2.24) is 15.1 Å². The molecule has 0 saturated carbocycles. The first kappa shape index (κ1) is 20.2. The number of benzene rings is 1. The molecule has 142 valence electrons. The molecule has 0 aliphatic carbocycles. The van der Waals surface area contributed by atoms with Gasteiger partial charge in [0.15, 0.2) is 0 Å². The lowest BCUT2D eigenvalue weighted by Gasteiger charge is -2.33. The SMILES string of the molecule is Cc1cc(NC(=O)CNC(=O)C2CCN(C(=O)N(C)C)CC2)ccc1Br. The number of aryl methyl sites for hydroxylation is 1. The lowest BCUT2D eigenvalue weighted by atomic mass is 9.96. The van der Waals surface area contributed by atoms with Crippen LogP contribution in [-0.4, -0.2) is 61.4 Å². The maximum atomic E-state index is 12.3. The number of halogens is 1. The van der Waals surface area contributed by atoms with Crippen LogP contribution in [0.4, 0.5) is 10.5 Å². The summed E-state index contributed by atoms with van der Waals surface area (Å²) >= 11 is 3.41. The monoisotopic (exact) mass is 424 g/mol. The molecule has 2 rings (SSSR count). The molecule has 4 amide bonds. The highest BCUT2D eigenvalue weighted by Gasteiger charge is 2.28. The van der Waals surface area contributed by atoms with Crippen molar-refractivity contribution in [2.45, 2.75) is 19.8 Å². The molecule has 8 heteroatoms. The van der Waals surface area contributed by atoms with Crippen molar-refractivity contribution in [3.05, 3.63) is 28.2 Å². The Kier molecular flexibility index (Phi) is 7.02. The largest absolute Gasteiger partial charge is 0.347 e. The number of amides is 4. The molecule has 1 saturated heterocycles. The summed E-state index contributed by atoms with van der Waals surface area (Å²) in [5.74, 6) is -0.562. The zero-order valence-electron chi connectivity index (χ0n) is 15.3. The minimum absolute atomic E-state index is 0.0342. The van der Waals surface area contributed by atoms with Crippen molar-refractivity contribution >= 4 is 39.5 Å². The Balaban J connectivity index is 1.75. The predicted octanol–water partition coefficient (Wildman–Crippen LogP) is 2.21. The summed E-state index contributed by atoms with van der Waals surface area (Å²) in [6, 6.07) is 5.50. The number of nitrogens with one attached hydrogen (secondary N) is 2. The van der Waals surface area contributed by atoms with Crippen LogP contribution in [0.25, 0.3) is 0 Å². The smallest absolute Gasteiger partial charge is 0.319 e. The first-order chi connectivity index (χ1) is 12.3. The van der Waals surface area contributed by atoms with Crippen molar-refractivity contribution in [2.75, 3.05) is 39.0 Å². The van der Waals surface area contributed by atoms with Gasteiger partial charge in [-0.1, -0.05) is 15.9 Å². The zero-order chi connectivity index (χ0) is 19.3. The molecule has 0 aromatic heterocycles. The Hall–Kier alpha value is -2.09.